The van der Waals surface area contributed by atoms with Crippen LogP contribution in [0, 0.1) is 5.92 Å². The Bertz CT molecular complexity index is 472. The third-order valence-electron chi connectivity index (χ3n) is 3.19. The maximum Gasteiger partial charge on any atom is 0.345 e. The van der Waals surface area contributed by atoms with Gasteiger partial charge >= 0.3 is 5.97 Å². The van der Waals surface area contributed by atoms with Gasteiger partial charge in [-0.05, 0) is 30.9 Å². The van der Waals surface area contributed by atoms with Crippen LogP contribution >= 0.6 is 11.3 Å². The van der Waals surface area contributed by atoms with Gasteiger partial charge in [0.1, 0.15) is 4.88 Å². The van der Waals surface area contributed by atoms with E-state index in [2.05, 4.69) is 6.58 Å². The molecule has 0 aromatic carbocycles. The number of rotatable bonds is 3. The van der Waals surface area contributed by atoms with Crippen molar-refractivity contribution in [2.75, 3.05) is 13.1 Å². The van der Waals surface area contributed by atoms with E-state index in [1.807, 2.05) is 6.08 Å². The zero-order valence-corrected chi connectivity index (χ0v) is 10.8. The van der Waals surface area contributed by atoms with Gasteiger partial charge in [-0.3, -0.25) is 4.79 Å². The summed E-state index contributed by atoms with van der Waals surface area (Å²) in [5.74, 6) is -0.550. The molecular formula is C13H15NO3S. The molecule has 0 unspecified atom stereocenters. The van der Waals surface area contributed by atoms with Crippen LogP contribution in [0.1, 0.15) is 32.2 Å². The predicted molar refractivity (Wildman–Crippen MR) is 70.1 cm³/mol. The molecule has 0 aliphatic carbocycles. The molecule has 0 radical (unpaired) electrons. The summed E-state index contributed by atoms with van der Waals surface area (Å²) in [6.45, 7) is 5.20. The monoisotopic (exact) mass is 265 g/mol. The Labute approximate surface area is 110 Å². The minimum Gasteiger partial charge on any atom is -0.477 e. The van der Waals surface area contributed by atoms with Gasteiger partial charge in [0.25, 0.3) is 5.91 Å². The number of nitrogens with zero attached hydrogens (tertiary/aromatic N) is 1. The molecule has 96 valence electrons. The number of piperidine rings is 1. The highest BCUT2D eigenvalue weighted by Gasteiger charge is 2.23. The molecule has 0 bridgehead atoms. The number of thiophene rings is 1. The van der Waals surface area contributed by atoms with Crippen LogP contribution in [0.2, 0.25) is 0 Å². The second kappa shape index (κ2) is 5.35. The van der Waals surface area contributed by atoms with Gasteiger partial charge in [-0.1, -0.05) is 6.08 Å². The normalized spacial score (nSPS) is 16.6. The Morgan fingerprint density at radius 2 is 1.94 bits per heavy atom. The molecule has 0 spiro atoms. The van der Waals surface area contributed by atoms with Gasteiger partial charge < -0.3 is 10.0 Å². The van der Waals surface area contributed by atoms with Gasteiger partial charge in [0.15, 0.2) is 0 Å². The molecule has 1 aliphatic heterocycles. The molecule has 5 heteroatoms. The SMILES string of the molecule is C=CC1CCN(C(=O)c2ccc(C(=O)O)s2)CC1. The Morgan fingerprint density at radius 1 is 1.33 bits per heavy atom. The Morgan fingerprint density at radius 3 is 2.44 bits per heavy atom. The Kier molecular flexibility index (Phi) is 3.81. The van der Waals surface area contributed by atoms with Crippen molar-refractivity contribution in [3.05, 3.63) is 34.5 Å². The summed E-state index contributed by atoms with van der Waals surface area (Å²) >= 11 is 1.04. The van der Waals surface area contributed by atoms with E-state index in [1.54, 1.807) is 11.0 Å². The van der Waals surface area contributed by atoms with Crippen LogP contribution in [0.4, 0.5) is 0 Å². The van der Waals surface area contributed by atoms with Crippen LogP contribution in [0.15, 0.2) is 24.8 Å². The standard InChI is InChI=1S/C13H15NO3S/c1-2-9-5-7-14(8-6-9)12(15)10-3-4-11(18-10)13(16)17/h2-4,9H,1,5-8H2,(H,16,17). The van der Waals surface area contributed by atoms with E-state index >= 15 is 0 Å². The number of aromatic carboxylic acids is 1. The molecule has 1 N–H and O–H groups in total. The van der Waals surface area contributed by atoms with Crippen molar-refractivity contribution < 1.29 is 14.7 Å². The second-order valence-electron chi connectivity index (χ2n) is 4.33. The number of carboxylic acids is 1. The zero-order valence-electron chi connectivity index (χ0n) is 9.96. The van der Waals surface area contributed by atoms with Crippen molar-refractivity contribution in [2.24, 2.45) is 5.92 Å². The largest absolute Gasteiger partial charge is 0.477 e. The fourth-order valence-electron chi connectivity index (χ4n) is 2.06. The van der Waals surface area contributed by atoms with E-state index in [0.29, 0.717) is 10.8 Å². The highest BCUT2D eigenvalue weighted by Crippen LogP contribution is 2.23. The molecular weight excluding hydrogens is 250 g/mol. The minimum atomic E-state index is -0.982. The van der Waals surface area contributed by atoms with Gasteiger partial charge in [-0.25, -0.2) is 4.79 Å². The quantitative estimate of drug-likeness (QED) is 0.854. The minimum absolute atomic E-state index is 0.0602. The van der Waals surface area contributed by atoms with Crippen molar-refractivity contribution in [3.8, 4) is 0 Å². The second-order valence-corrected chi connectivity index (χ2v) is 5.42. The van der Waals surface area contributed by atoms with Crippen LogP contribution in [0.5, 0.6) is 0 Å². The highest BCUT2D eigenvalue weighted by molar-refractivity contribution is 7.15. The van der Waals surface area contributed by atoms with Crippen LogP contribution in [0.3, 0.4) is 0 Å². The van der Waals surface area contributed by atoms with Crippen molar-refractivity contribution in [1.82, 2.24) is 4.90 Å². The Hall–Kier alpha value is -1.62. The van der Waals surface area contributed by atoms with Gasteiger partial charge in [-0.2, -0.15) is 0 Å². The lowest BCUT2D eigenvalue weighted by atomic mass is 9.97. The number of carbonyl (C=O) groups excluding carboxylic acids is 1. The number of allylic oxidation sites excluding steroid dienone is 1. The van der Waals surface area contributed by atoms with Crippen LogP contribution in [-0.4, -0.2) is 35.0 Å². The first kappa shape index (κ1) is 12.8. The molecule has 18 heavy (non-hydrogen) atoms. The van der Waals surface area contributed by atoms with Gasteiger partial charge in [-0.15, -0.1) is 17.9 Å². The molecule has 4 nitrogen and oxygen atoms in total. The maximum atomic E-state index is 12.1. The fourth-order valence-corrected chi connectivity index (χ4v) is 2.87. The number of hydrogen-bond donors (Lipinski definition) is 1. The molecule has 1 fully saturated rings. The lowest BCUT2D eigenvalue weighted by molar-refractivity contribution is 0.0698. The molecule has 0 saturated carbocycles. The van der Waals surface area contributed by atoms with Crippen molar-refractivity contribution in [2.45, 2.75) is 12.8 Å². The van der Waals surface area contributed by atoms with Crippen molar-refractivity contribution >= 4 is 23.2 Å². The van der Waals surface area contributed by atoms with Crippen LogP contribution < -0.4 is 0 Å². The lowest BCUT2D eigenvalue weighted by Gasteiger charge is -2.30. The van der Waals surface area contributed by atoms with E-state index < -0.39 is 5.97 Å². The molecule has 2 heterocycles. The number of likely N-dealkylation sites (tertiary alicyclic amines) is 1. The van der Waals surface area contributed by atoms with E-state index in [-0.39, 0.29) is 10.8 Å². The molecule has 1 saturated heterocycles. The van der Waals surface area contributed by atoms with Crippen molar-refractivity contribution in [1.29, 1.82) is 0 Å². The average Bonchev–Trinajstić information content (AvgIpc) is 2.88. The lowest BCUT2D eigenvalue weighted by Crippen LogP contribution is -2.37. The fraction of sp³-hybridized carbons (Fsp3) is 0.385. The average molecular weight is 265 g/mol. The van der Waals surface area contributed by atoms with Crippen LogP contribution in [0.25, 0.3) is 0 Å². The number of carbonyl (C=O) groups is 2. The molecule has 1 amide bonds. The van der Waals surface area contributed by atoms with Gasteiger partial charge in [0.2, 0.25) is 0 Å². The van der Waals surface area contributed by atoms with Gasteiger partial charge in [0, 0.05) is 13.1 Å². The maximum absolute atomic E-state index is 12.1. The summed E-state index contributed by atoms with van der Waals surface area (Å²) in [5, 5.41) is 8.83. The summed E-state index contributed by atoms with van der Waals surface area (Å²) in [6.07, 6.45) is 3.81. The highest BCUT2D eigenvalue weighted by atomic mass is 32.1. The molecule has 0 atom stereocenters. The predicted octanol–water partition coefficient (Wildman–Crippen LogP) is 2.48. The molecule has 1 aliphatic rings. The first-order valence-corrected chi connectivity index (χ1v) is 6.68. The summed E-state index contributed by atoms with van der Waals surface area (Å²) in [6, 6.07) is 3.08. The van der Waals surface area contributed by atoms with E-state index in [9.17, 15) is 9.59 Å². The molecule has 1 aromatic heterocycles. The van der Waals surface area contributed by atoms with Crippen molar-refractivity contribution in [3.63, 3.8) is 0 Å². The Balaban J connectivity index is 2.03. The van der Waals surface area contributed by atoms with E-state index in [1.165, 1.54) is 6.07 Å². The first-order chi connectivity index (χ1) is 8.61. The summed E-state index contributed by atoms with van der Waals surface area (Å²) in [7, 11) is 0. The summed E-state index contributed by atoms with van der Waals surface area (Å²) < 4.78 is 0. The summed E-state index contributed by atoms with van der Waals surface area (Å²) in [5.41, 5.74) is 0. The molecule has 2 rings (SSSR count). The number of carboxylic acid groups (broad SMARTS) is 1. The third-order valence-corrected chi connectivity index (χ3v) is 4.25. The van der Waals surface area contributed by atoms with Gasteiger partial charge in [0.05, 0.1) is 4.88 Å². The summed E-state index contributed by atoms with van der Waals surface area (Å²) in [4.78, 5) is 25.4. The number of hydrogen-bond acceptors (Lipinski definition) is 3. The topological polar surface area (TPSA) is 57.6 Å². The van der Waals surface area contributed by atoms with E-state index in [0.717, 1.165) is 37.3 Å². The first-order valence-electron chi connectivity index (χ1n) is 5.86. The smallest absolute Gasteiger partial charge is 0.345 e. The third kappa shape index (κ3) is 2.61. The zero-order chi connectivity index (χ0) is 13.1. The van der Waals surface area contributed by atoms with Crippen LogP contribution in [-0.2, 0) is 0 Å². The number of amides is 1. The molecule has 1 aromatic rings. The van der Waals surface area contributed by atoms with E-state index in [4.69, 9.17) is 5.11 Å².